The summed E-state index contributed by atoms with van der Waals surface area (Å²) in [6, 6.07) is 7.22. The largest absolute Gasteiger partial charge is 0.338 e. The third-order valence-corrected chi connectivity index (χ3v) is 5.50. The minimum Gasteiger partial charge on any atom is -0.338 e. The van der Waals surface area contributed by atoms with Gasteiger partial charge in [-0.3, -0.25) is 9.59 Å². The van der Waals surface area contributed by atoms with Crippen molar-refractivity contribution >= 4 is 29.1 Å². The predicted octanol–water partition coefficient (Wildman–Crippen LogP) is 1.97. The van der Waals surface area contributed by atoms with Crippen molar-refractivity contribution in [1.82, 2.24) is 4.90 Å². The number of hydrogen-bond acceptors (Lipinski definition) is 2. The zero-order valence-corrected chi connectivity index (χ0v) is 16.1. The Kier molecular flexibility index (Phi) is 7.26. The number of rotatable bonds is 6. The first-order valence-electron chi connectivity index (χ1n) is 9.03. The summed E-state index contributed by atoms with van der Waals surface area (Å²) in [6.07, 6.45) is 5.82. The molecule has 0 aliphatic heterocycles. The second-order valence-electron chi connectivity index (χ2n) is 7.01. The lowest BCUT2D eigenvalue weighted by Gasteiger charge is -2.33. The summed E-state index contributed by atoms with van der Waals surface area (Å²) in [5, 5.41) is 3.32. The van der Waals surface area contributed by atoms with Gasteiger partial charge in [0.2, 0.25) is 0 Å². The molecule has 1 fully saturated rings. The van der Waals surface area contributed by atoms with Crippen LogP contribution in [-0.4, -0.2) is 49.4 Å². The van der Waals surface area contributed by atoms with Crippen molar-refractivity contribution in [2.24, 2.45) is 0 Å². The van der Waals surface area contributed by atoms with Crippen LogP contribution in [0.15, 0.2) is 24.3 Å². The molecule has 138 valence electrons. The van der Waals surface area contributed by atoms with Crippen molar-refractivity contribution in [3.8, 4) is 0 Å². The Balaban J connectivity index is 1.88. The van der Waals surface area contributed by atoms with Crippen LogP contribution in [0.4, 0.5) is 5.69 Å². The molecule has 1 aliphatic rings. The molecule has 6 heteroatoms. The molecular weight excluding hydrogens is 338 g/mol. The molecule has 1 aliphatic carbocycles. The van der Waals surface area contributed by atoms with Crippen LogP contribution in [0, 0.1) is 0 Å². The second-order valence-corrected chi connectivity index (χ2v) is 7.42. The number of quaternary nitrogens is 1. The number of likely N-dealkylation sites (N-methyl/N-ethyl adjacent to an activating group) is 2. The van der Waals surface area contributed by atoms with Crippen LogP contribution in [0.1, 0.15) is 39.0 Å². The van der Waals surface area contributed by atoms with Gasteiger partial charge in [0.1, 0.15) is 0 Å². The number of carbonyl (C=O) groups is 2. The van der Waals surface area contributed by atoms with E-state index in [1.54, 1.807) is 12.1 Å². The van der Waals surface area contributed by atoms with Crippen molar-refractivity contribution < 1.29 is 14.5 Å². The lowest BCUT2D eigenvalue weighted by molar-refractivity contribution is -0.886. The van der Waals surface area contributed by atoms with Crippen LogP contribution < -0.4 is 10.2 Å². The number of nitrogens with one attached hydrogen (secondary N) is 2. The number of carbonyl (C=O) groups excluding carboxylic acids is 2. The molecule has 2 atom stereocenters. The summed E-state index contributed by atoms with van der Waals surface area (Å²) in [6.45, 7) is 2.11. The van der Waals surface area contributed by atoms with E-state index in [-0.39, 0.29) is 24.4 Å². The Hall–Kier alpha value is -1.59. The normalized spacial score (nSPS) is 17.6. The molecule has 0 aromatic heterocycles. The summed E-state index contributed by atoms with van der Waals surface area (Å²) >= 11 is 6.06. The fourth-order valence-electron chi connectivity index (χ4n) is 3.33. The molecule has 0 bridgehead atoms. The van der Waals surface area contributed by atoms with E-state index < -0.39 is 0 Å². The van der Waals surface area contributed by atoms with Gasteiger partial charge in [0.15, 0.2) is 12.6 Å². The molecule has 0 radical (unpaired) electrons. The smallest absolute Gasteiger partial charge is 0.280 e. The van der Waals surface area contributed by atoms with Gasteiger partial charge in [-0.15, -0.1) is 0 Å². The summed E-state index contributed by atoms with van der Waals surface area (Å²) in [5.74, 6) is -0.0412. The van der Waals surface area contributed by atoms with Crippen molar-refractivity contribution in [2.75, 3.05) is 26.0 Å². The molecule has 2 rings (SSSR count). The minimum atomic E-state index is -0.260. The van der Waals surface area contributed by atoms with Crippen LogP contribution in [0.2, 0.25) is 5.02 Å². The number of para-hydroxylation sites is 1. The van der Waals surface area contributed by atoms with Gasteiger partial charge in [-0.25, -0.2) is 0 Å². The maximum Gasteiger partial charge on any atom is 0.280 e. The number of nitrogens with zero attached hydrogens (tertiary/aromatic N) is 1. The van der Waals surface area contributed by atoms with Gasteiger partial charge in [0.25, 0.3) is 11.8 Å². The maximum absolute atomic E-state index is 12.7. The Labute approximate surface area is 155 Å². The first-order valence-corrected chi connectivity index (χ1v) is 9.41. The minimum absolute atomic E-state index is 0.106. The highest BCUT2D eigenvalue weighted by atomic mass is 35.5. The van der Waals surface area contributed by atoms with Gasteiger partial charge in [-0.05, 0) is 31.9 Å². The predicted molar refractivity (Wildman–Crippen MR) is 101 cm³/mol. The van der Waals surface area contributed by atoms with Gasteiger partial charge in [-0.1, -0.05) is 43.0 Å². The van der Waals surface area contributed by atoms with E-state index in [0.29, 0.717) is 16.8 Å². The highest BCUT2D eigenvalue weighted by Crippen LogP contribution is 2.22. The van der Waals surface area contributed by atoms with Gasteiger partial charge < -0.3 is 15.1 Å². The average molecular weight is 367 g/mol. The van der Waals surface area contributed by atoms with Gasteiger partial charge in [-0.2, -0.15) is 0 Å². The van der Waals surface area contributed by atoms with Crippen molar-refractivity contribution in [3.63, 3.8) is 0 Å². The zero-order valence-electron chi connectivity index (χ0n) is 15.3. The van der Waals surface area contributed by atoms with Crippen LogP contribution in [0.25, 0.3) is 0 Å². The number of benzene rings is 1. The molecule has 1 unspecified atom stereocenters. The number of hydrogen-bond donors (Lipinski definition) is 2. The van der Waals surface area contributed by atoms with Crippen LogP contribution in [0.3, 0.4) is 0 Å². The number of anilines is 1. The SMILES string of the molecule is C[C@@H](C(=O)N(C)C1CCCCC1)[NH+](C)CC(=O)Nc1ccccc1Cl. The standard InChI is InChI=1S/C19H28ClN3O2/c1-14(19(25)23(3)15-9-5-4-6-10-15)22(2)13-18(24)21-17-12-8-7-11-16(17)20/h7-8,11-12,14-15H,4-6,9-10,13H2,1-3H3,(H,21,24)/p+1/t14-/m0/s1. The van der Waals surface area contributed by atoms with Crippen LogP contribution in [0.5, 0.6) is 0 Å². The first kappa shape index (κ1) is 19.7. The molecule has 2 N–H and O–H groups in total. The molecule has 5 nitrogen and oxygen atoms in total. The Morgan fingerprint density at radius 3 is 2.56 bits per heavy atom. The monoisotopic (exact) mass is 366 g/mol. The molecule has 1 aromatic rings. The van der Waals surface area contributed by atoms with Gasteiger partial charge in [0.05, 0.1) is 17.8 Å². The molecular formula is C19H29ClN3O2+. The highest BCUT2D eigenvalue weighted by molar-refractivity contribution is 6.33. The lowest BCUT2D eigenvalue weighted by atomic mass is 9.94. The molecule has 25 heavy (non-hydrogen) atoms. The van der Waals surface area contributed by atoms with Crippen LogP contribution in [-0.2, 0) is 9.59 Å². The van der Waals surface area contributed by atoms with E-state index >= 15 is 0 Å². The van der Waals surface area contributed by atoms with Crippen LogP contribution >= 0.6 is 11.6 Å². The van der Waals surface area contributed by atoms with E-state index in [2.05, 4.69) is 5.32 Å². The lowest BCUT2D eigenvalue weighted by Crippen LogP contribution is -3.15. The number of halogens is 1. The van der Waals surface area contributed by atoms with Crippen molar-refractivity contribution in [1.29, 1.82) is 0 Å². The van der Waals surface area contributed by atoms with E-state index in [1.165, 1.54) is 19.3 Å². The molecule has 0 spiro atoms. The average Bonchev–Trinajstić information content (AvgIpc) is 2.62. The van der Waals surface area contributed by atoms with E-state index in [9.17, 15) is 9.59 Å². The highest BCUT2D eigenvalue weighted by Gasteiger charge is 2.30. The fourth-order valence-corrected chi connectivity index (χ4v) is 3.51. The Morgan fingerprint density at radius 2 is 1.92 bits per heavy atom. The Morgan fingerprint density at radius 1 is 1.28 bits per heavy atom. The molecule has 1 aromatic carbocycles. The molecule has 2 amide bonds. The third kappa shape index (κ3) is 5.44. The van der Waals surface area contributed by atoms with Crippen molar-refractivity contribution in [3.05, 3.63) is 29.3 Å². The molecule has 1 saturated carbocycles. The molecule has 0 saturated heterocycles. The third-order valence-electron chi connectivity index (χ3n) is 5.17. The maximum atomic E-state index is 12.7. The van der Waals surface area contributed by atoms with Gasteiger partial charge in [0, 0.05) is 13.1 Å². The molecule has 0 heterocycles. The van der Waals surface area contributed by atoms with Gasteiger partial charge >= 0.3 is 0 Å². The second kappa shape index (κ2) is 9.20. The van der Waals surface area contributed by atoms with E-state index in [0.717, 1.165) is 17.7 Å². The van der Waals surface area contributed by atoms with E-state index in [4.69, 9.17) is 11.6 Å². The topological polar surface area (TPSA) is 53.9 Å². The van der Waals surface area contributed by atoms with E-state index in [1.807, 2.05) is 38.1 Å². The van der Waals surface area contributed by atoms with Crippen molar-refractivity contribution in [2.45, 2.75) is 51.1 Å². The summed E-state index contributed by atoms with van der Waals surface area (Å²) in [7, 11) is 3.77. The first-order chi connectivity index (χ1) is 11.9. The fraction of sp³-hybridized carbons (Fsp3) is 0.579. The summed E-state index contributed by atoms with van der Waals surface area (Å²) < 4.78 is 0. The Bertz CT molecular complexity index is 602. The summed E-state index contributed by atoms with van der Waals surface area (Å²) in [5.41, 5.74) is 0.597. The summed E-state index contributed by atoms with van der Waals surface area (Å²) in [4.78, 5) is 27.7. The zero-order chi connectivity index (χ0) is 18.4. The quantitative estimate of drug-likeness (QED) is 0.808. The number of amides is 2.